The largest absolute Gasteiger partial charge is 0.333 e. The quantitative estimate of drug-likeness (QED) is 0.316. The predicted octanol–water partition coefficient (Wildman–Crippen LogP) is 0.420. The van der Waals surface area contributed by atoms with Crippen molar-refractivity contribution in [2.45, 2.75) is 6.82 Å². The molecule has 3 heteroatoms. The van der Waals surface area contributed by atoms with Crippen LogP contribution in [0.3, 0.4) is 0 Å². The maximum atomic E-state index is 8.87. The third kappa shape index (κ3) is 1.66. The zero-order chi connectivity index (χ0) is 3.41. The van der Waals surface area contributed by atoms with E-state index in [0.29, 0.717) is 0 Å². The van der Waals surface area contributed by atoms with Gasteiger partial charge in [-0.2, -0.15) is 4.91 Å². The highest BCUT2D eigenvalue weighted by Gasteiger charge is 1.61. The van der Waals surface area contributed by atoms with E-state index in [-0.39, 0.29) is 0 Å². The SMILES string of the molecule is C[B]N=O. The standard InChI is InChI=1S/CH3BNO/c1-2-3-4/h1H3. The Morgan fingerprint density at radius 2 is 2.25 bits per heavy atom. The van der Waals surface area contributed by atoms with Crippen molar-refractivity contribution in [3.05, 3.63) is 4.91 Å². The lowest BCUT2D eigenvalue weighted by atomic mass is 10.0. The lowest BCUT2D eigenvalue weighted by Crippen LogP contribution is -1.60. The third-order valence-corrected chi connectivity index (χ3v) is 0.105. The molecule has 0 N–H and O–H groups in total. The van der Waals surface area contributed by atoms with Crippen LogP contribution in [-0.4, -0.2) is 7.41 Å². The van der Waals surface area contributed by atoms with Crippen LogP contribution in [0.15, 0.2) is 5.09 Å². The summed E-state index contributed by atoms with van der Waals surface area (Å²) in [6.45, 7) is 1.58. The van der Waals surface area contributed by atoms with Crippen LogP contribution in [0.4, 0.5) is 0 Å². The summed E-state index contributed by atoms with van der Waals surface area (Å²) in [6, 6.07) is 0. The van der Waals surface area contributed by atoms with Gasteiger partial charge in [0.15, 0.2) is 0 Å². The molecule has 0 aromatic heterocycles. The smallest absolute Gasteiger partial charge is 0.169 e. The first-order chi connectivity index (χ1) is 1.91. The fourth-order valence-corrected chi connectivity index (χ4v) is 0. The van der Waals surface area contributed by atoms with Gasteiger partial charge in [-0.1, -0.05) is 6.82 Å². The Hall–Kier alpha value is -0.335. The molecule has 0 saturated heterocycles. The second-order valence-electron chi connectivity index (χ2n) is 0.364. The Labute approximate surface area is 25.4 Å². The second kappa shape index (κ2) is 2.66. The molecule has 0 amide bonds. The minimum Gasteiger partial charge on any atom is -0.169 e. The van der Waals surface area contributed by atoms with Gasteiger partial charge in [-0.25, -0.2) is 0 Å². The Kier molecular flexibility index (Phi) is 2.44. The molecule has 0 saturated carbocycles. The van der Waals surface area contributed by atoms with Gasteiger partial charge in [0.05, 0.1) is 0 Å². The van der Waals surface area contributed by atoms with Crippen LogP contribution in [0.1, 0.15) is 0 Å². The lowest BCUT2D eigenvalue weighted by molar-refractivity contribution is 1.77. The Bertz CT molecular complexity index is 22.0. The van der Waals surface area contributed by atoms with Crippen LogP contribution in [0.5, 0.6) is 0 Å². The molecule has 0 spiro atoms. The molecule has 0 aromatic rings. The van der Waals surface area contributed by atoms with Gasteiger partial charge in [0.1, 0.15) is 0 Å². The summed E-state index contributed by atoms with van der Waals surface area (Å²) in [4.78, 5) is 8.87. The van der Waals surface area contributed by atoms with Crippen LogP contribution in [0, 0.1) is 4.91 Å². The molecular formula is CH3BNO. The Balaban J connectivity index is 2.30. The summed E-state index contributed by atoms with van der Waals surface area (Å²) in [5, 5.41) is 2.36. The van der Waals surface area contributed by atoms with Crippen molar-refractivity contribution in [2.75, 3.05) is 0 Å². The number of hydrogen-bond acceptors (Lipinski definition) is 2. The molecule has 1 radical (unpaired) electrons. The maximum Gasteiger partial charge on any atom is 0.333 e. The van der Waals surface area contributed by atoms with Gasteiger partial charge < -0.3 is 0 Å². The van der Waals surface area contributed by atoms with Gasteiger partial charge in [-0.3, -0.25) is 0 Å². The number of nitroso groups, excluding NO2 is 1. The van der Waals surface area contributed by atoms with E-state index in [2.05, 4.69) is 5.09 Å². The highest BCUT2D eigenvalue weighted by atomic mass is 16.2. The molecule has 0 aliphatic carbocycles. The highest BCUT2D eigenvalue weighted by Crippen LogP contribution is 1.47. The lowest BCUT2D eigenvalue weighted by Gasteiger charge is -1.46. The minimum atomic E-state index is 1.19. The maximum absolute atomic E-state index is 8.87. The van der Waals surface area contributed by atoms with E-state index in [1.54, 1.807) is 6.82 Å². The zero-order valence-corrected chi connectivity index (χ0v) is 2.43. The molecule has 0 heterocycles. The summed E-state index contributed by atoms with van der Waals surface area (Å²) in [5.41, 5.74) is 0. The zero-order valence-electron chi connectivity index (χ0n) is 2.43. The van der Waals surface area contributed by atoms with Gasteiger partial charge in [0.25, 0.3) is 0 Å². The fourth-order valence-electron chi connectivity index (χ4n) is 0. The number of hydrogen-bond donors (Lipinski definition) is 0. The van der Waals surface area contributed by atoms with E-state index in [0.717, 1.165) is 0 Å². The molecule has 4 heavy (non-hydrogen) atoms. The number of nitrogens with zero attached hydrogens (tertiary/aromatic N) is 1. The molecule has 0 aliphatic heterocycles. The summed E-state index contributed by atoms with van der Waals surface area (Å²) < 4.78 is 0. The van der Waals surface area contributed by atoms with Crippen LogP contribution >= 0.6 is 0 Å². The average Bonchev–Trinajstić information content (AvgIpc) is 1.37. The van der Waals surface area contributed by atoms with Crippen LogP contribution in [0.2, 0.25) is 6.82 Å². The molecule has 0 aliphatic rings. The second-order valence-corrected chi connectivity index (χ2v) is 0.364. The van der Waals surface area contributed by atoms with Crippen molar-refractivity contribution >= 4 is 7.41 Å². The van der Waals surface area contributed by atoms with E-state index in [4.69, 9.17) is 4.91 Å². The molecule has 0 fully saturated rings. The molecular weight excluding hydrogens is 52.8 g/mol. The normalized spacial score (nSPS) is 5.25. The van der Waals surface area contributed by atoms with Gasteiger partial charge in [-0.05, 0) is 0 Å². The first kappa shape index (κ1) is 3.66. The van der Waals surface area contributed by atoms with E-state index in [9.17, 15) is 0 Å². The molecule has 0 unspecified atom stereocenters. The van der Waals surface area contributed by atoms with Crippen molar-refractivity contribution < 1.29 is 0 Å². The van der Waals surface area contributed by atoms with Crippen LogP contribution in [0.25, 0.3) is 0 Å². The molecule has 21 valence electrons. The van der Waals surface area contributed by atoms with Crippen molar-refractivity contribution in [3.8, 4) is 0 Å². The molecule has 0 bridgehead atoms. The monoisotopic (exact) mass is 56.0 g/mol. The van der Waals surface area contributed by atoms with Gasteiger partial charge in [0, 0.05) is 0 Å². The Morgan fingerprint density at radius 3 is 2.25 bits per heavy atom. The summed E-state index contributed by atoms with van der Waals surface area (Å²) in [7, 11) is 1.19. The minimum absolute atomic E-state index is 1.19. The molecule has 0 rings (SSSR count). The molecule has 2 nitrogen and oxygen atoms in total. The van der Waals surface area contributed by atoms with E-state index >= 15 is 0 Å². The summed E-state index contributed by atoms with van der Waals surface area (Å²) in [5.74, 6) is 0. The Morgan fingerprint density at radius 1 is 2.00 bits per heavy atom. The van der Waals surface area contributed by atoms with Crippen molar-refractivity contribution in [1.29, 1.82) is 0 Å². The molecule has 0 aromatic carbocycles. The van der Waals surface area contributed by atoms with E-state index in [1.165, 1.54) is 7.41 Å². The fraction of sp³-hybridized carbons (Fsp3) is 1.00. The number of rotatable bonds is 1. The van der Waals surface area contributed by atoms with Crippen molar-refractivity contribution in [3.63, 3.8) is 0 Å². The topological polar surface area (TPSA) is 29.4 Å². The van der Waals surface area contributed by atoms with Crippen molar-refractivity contribution in [2.24, 2.45) is 5.09 Å². The highest BCUT2D eigenvalue weighted by molar-refractivity contribution is 6.30. The van der Waals surface area contributed by atoms with Gasteiger partial charge in [0.2, 0.25) is 0 Å². The average molecular weight is 55.9 g/mol. The van der Waals surface area contributed by atoms with Crippen LogP contribution in [-0.2, 0) is 0 Å². The van der Waals surface area contributed by atoms with E-state index < -0.39 is 0 Å². The van der Waals surface area contributed by atoms with E-state index in [1.807, 2.05) is 0 Å². The predicted molar refractivity (Wildman–Crippen MR) is 17.4 cm³/mol. The summed E-state index contributed by atoms with van der Waals surface area (Å²) >= 11 is 0. The van der Waals surface area contributed by atoms with Crippen LogP contribution < -0.4 is 0 Å². The first-order valence-electron chi connectivity index (χ1n) is 1.02. The van der Waals surface area contributed by atoms with Gasteiger partial charge in [-0.15, -0.1) is 5.09 Å². The first-order valence-corrected chi connectivity index (χ1v) is 1.02. The summed E-state index contributed by atoms with van der Waals surface area (Å²) in [6.07, 6.45) is 0. The third-order valence-electron chi connectivity index (χ3n) is 0.105. The van der Waals surface area contributed by atoms with Crippen molar-refractivity contribution in [1.82, 2.24) is 0 Å². The molecule has 0 atom stereocenters. The van der Waals surface area contributed by atoms with Gasteiger partial charge >= 0.3 is 7.41 Å².